The molecule has 0 aliphatic carbocycles. The molecule has 1 fully saturated rings. The van der Waals surface area contributed by atoms with Crippen LogP contribution < -0.4 is 11.3 Å². The van der Waals surface area contributed by atoms with Crippen molar-refractivity contribution in [3.05, 3.63) is 0 Å². The zero-order chi connectivity index (χ0) is 10.6. The highest BCUT2D eigenvalue weighted by Crippen LogP contribution is 2.26. The lowest BCUT2D eigenvalue weighted by Crippen LogP contribution is -2.46. The van der Waals surface area contributed by atoms with Crippen molar-refractivity contribution in [3.8, 4) is 0 Å². The largest absolute Gasteiger partial charge is 0.378 e. The fraction of sp³-hybridized carbons (Fsp3) is 1.00. The molecule has 14 heavy (non-hydrogen) atoms. The van der Waals surface area contributed by atoms with Gasteiger partial charge in [-0.2, -0.15) is 0 Å². The van der Waals surface area contributed by atoms with Crippen LogP contribution in [0.3, 0.4) is 0 Å². The van der Waals surface area contributed by atoms with E-state index in [1.54, 1.807) is 0 Å². The minimum atomic E-state index is 0.204. The average molecular weight is 200 g/mol. The van der Waals surface area contributed by atoms with Crippen LogP contribution in [0.1, 0.15) is 46.5 Å². The van der Waals surface area contributed by atoms with E-state index < -0.39 is 0 Å². The highest BCUT2D eigenvalue weighted by molar-refractivity contribution is 4.82. The Hall–Kier alpha value is -0.120. The smallest absolute Gasteiger partial charge is 0.0590 e. The lowest BCUT2D eigenvalue weighted by atomic mass is 9.83. The van der Waals surface area contributed by atoms with Gasteiger partial charge >= 0.3 is 0 Å². The number of rotatable bonds is 3. The molecule has 0 aromatic rings. The summed E-state index contributed by atoms with van der Waals surface area (Å²) in [7, 11) is 0. The van der Waals surface area contributed by atoms with Crippen molar-refractivity contribution >= 4 is 0 Å². The normalized spacial score (nSPS) is 26.1. The van der Waals surface area contributed by atoms with E-state index in [2.05, 4.69) is 26.2 Å². The van der Waals surface area contributed by atoms with Gasteiger partial charge in [-0.1, -0.05) is 20.8 Å². The van der Waals surface area contributed by atoms with Crippen molar-refractivity contribution in [2.45, 2.75) is 58.6 Å². The summed E-state index contributed by atoms with van der Waals surface area (Å²) >= 11 is 0. The van der Waals surface area contributed by atoms with E-state index >= 15 is 0 Å². The van der Waals surface area contributed by atoms with Crippen LogP contribution in [0.15, 0.2) is 0 Å². The summed E-state index contributed by atoms with van der Waals surface area (Å²) in [5, 5.41) is 0. The van der Waals surface area contributed by atoms with Crippen molar-refractivity contribution in [1.82, 2.24) is 5.43 Å². The molecule has 1 rings (SSSR count). The van der Waals surface area contributed by atoms with Gasteiger partial charge in [0.05, 0.1) is 6.10 Å². The van der Waals surface area contributed by atoms with Gasteiger partial charge in [-0.3, -0.25) is 11.3 Å². The zero-order valence-corrected chi connectivity index (χ0v) is 9.68. The average Bonchev–Trinajstić information content (AvgIpc) is 2.14. The maximum atomic E-state index is 5.71. The van der Waals surface area contributed by atoms with Gasteiger partial charge in [0.1, 0.15) is 0 Å². The fourth-order valence-corrected chi connectivity index (χ4v) is 1.93. The first-order valence-electron chi connectivity index (χ1n) is 5.62. The molecular weight excluding hydrogens is 176 g/mol. The van der Waals surface area contributed by atoms with Crippen LogP contribution in [-0.2, 0) is 4.74 Å². The maximum Gasteiger partial charge on any atom is 0.0590 e. The Morgan fingerprint density at radius 3 is 2.57 bits per heavy atom. The predicted octanol–water partition coefficient (Wildman–Crippen LogP) is 1.82. The number of nitrogens with one attached hydrogen (secondary N) is 1. The third-order valence-electron chi connectivity index (χ3n) is 3.02. The minimum Gasteiger partial charge on any atom is -0.378 e. The van der Waals surface area contributed by atoms with Crippen LogP contribution >= 0.6 is 0 Å². The fourth-order valence-electron chi connectivity index (χ4n) is 1.93. The quantitative estimate of drug-likeness (QED) is 0.539. The molecule has 0 amide bonds. The van der Waals surface area contributed by atoms with E-state index in [1.807, 2.05) is 0 Å². The van der Waals surface area contributed by atoms with Crippen LogP contribution in [0.5, 0.6) is 0 Å². The van der Waals surface area contributed by atoms with Gasteiger partial charge in [-0.25, -0.2) is 0 Å². The Kier molecular flexibility index (Phi) is 4.35. The number of hydrogen-bond acceptors (Lipinski definition) is 3. The molecule has 84 valence electrons. The Morgan fingerprint density at radius 1 is 1.43 bits per heavy atom. The van der Waals surface area contributed by atoms with Crippen LogP contribution in [0, 0.1) is 5.41 Å². The van der Waals surface area contributed by atoms with Crippen LogP contribution in [0.25, 0.3) is 0 Å². The molecule has 0 spiro atoms. The van der Waals surface area contributed by atoms with Crippen molar-refractivity contribution in [2.75, 3.05) is 6.61 Å². The molecule has 0 radical (unpaired) electrons. The van der Waals surface area contributed by atoms with Crippen LogP contribution in [-0.4, -0.2) is 18.8 Å². The van der Waals surface area contributed by atoms with E-state index in [0.29, 0.717) is 12.1 Å². The van der Waals surface area contributed by atoms with Crippen molar-refractivity contribution in [1.29, 1.82) is 0 Å². The van der Waals surface area contributed by atoms with Crippen molar-refractivity contribution in [3.63, 3.8) is 0 Å². The number of hydrazine groups is 1. The van der Waals surface area contributed by atoms with Crippen molar-refractivity contribution in [2.24, 2.45) is 11.3 Å². The molecule has 0 aromatic carbocycles. The highest BCUT2D eigenvalue weighted by Gasteiger charge is 2.27. The summed E-state index contributed by atoms with van der Waals surface area (Å²) in [6.07, 6.45) is 5.14. The summed E-state index contributed by atoms with van der Waals surface area (Å²) < 4.78 is 5.71. The molecule has 1 aliphatic heterocycles. The molecular formula is C11H24N2O. The lowest BCUT2D eigenvalue weighted by molar-refractivity contribution is -0.00308. The second-order valence-corrected chi connectivity index (χ2v) is 5.31. The molecule has 0 aromatic heterocycles. The van der Waals surface area contributed by atoms with Gasteiger partial charge in [-0.05, 0) is 31.1 Å². The Balaban J connectivity index is 2.39. The topological polar surface area (TPSA) is 47.3 Å². The predicted molar refractivity (Wildman–Crippen MR) is 58.8 cm³/mol. The second kappa shape index (κ2) is 5.10. The van der Waals surface area contributed by atoms with Gasteiger partial charge in [0.25, 0.3) is 0 Å². The first-order chi connectivity index (χ1) is 6.54. The maximum absolute atomic E-state index is 5.71. The molecule has 3 N–H and O–H groups in total. The summed E-state index contributed by atoms with van der Waals surface area (Å²) in [6.45, 7) is 7.55. The molecule has 2 atom stereocenters. The summed E-state index contributed by atoms with van der Waals surface area (Å²) in [5.41, 5.74) is 3.11. The third-order valence-corrected chi connectivity index (χ3v) is 3.02. The first kappa shape index (κ1) is 12.0. The van der Waals surface area contributed by atoms with Crippen LogP contribution in [0.2, 0.25) is 0 Å². The summed E-state index contributed by atoms with van der Waals surface area (Å²) in [5.74, 6) is 5.57. The van der Waals surface area contributed by atoms with Gasteiger partial charge in [0, 0.05) is 12.6 Å². The number of nitrogens with two attached hydrogens (primary N) is 1. The second-order valence-electron chi connectivity index (χ2n) is 5.31. The third kappa shape index (κ3) is 3.56. The molecule has 1 heterocycles. The van der Waals surface area contributed by atoms with Gasteiger partial charge in [-0.15, -0.1) is 0 Å². The van der Waals surface area contributed by atoms with E-state index in [-0.39, 0.29) is 5.41 Å². The molecule has 1 aliphatic rings. The Labute approximate surface area is 87.4 Å². The van der Waals surface area contributed by atoms with Crippen LogP contribution in [0.4, 0.5) is 0 Å². The standard InChI is InChI=1S/C11H24N2O/c1-11(2,3)10(13-12)8-9-6-4-5-7-14-9/h9-10,13H,4-8,12H2,1-3H3. The molecule has 2 unspecified atom stereocenters. The Bertz CT molecular complexity index is 159. The zero-order valence-electron chi connectivity index (χ0n) is 9.68. The van der Waals surface area contributed by atoms with Gasteiger partial charge in [0.2, 0.25) is 0 Å². The van der Waals surface area contributed by atoms with E-state index in [1.165, 1.54) is 19.3 Å². The van der Waals surface area contributed by atoms with Gasteiger partial charge < -0.3 is 4.74 Å². The minimum absolute atomic E-state index is 0.204. The number of hydrogen-bond donors (Lipinski definition) is 2. The molecule has 3 nitrogen and oxygen atoms in total. The molecule has 0 saturated carbocycles. The van der Waals surface area contributed by atoms with E-state index in [9.17, 15) is 0 Å². The molecule has 1 saturated heterocycles. The van der Waals surface area contributed by atoms with E-state index in [0.717, 1.165) is 13.0 Å². The number of ether oxygens (including phenoxy) is 1. The lowest BCUT2D eigenvalue weighted by Gasteiger charge is -2.34. The molecule has 3 heteroatoms. The highest BCUT2D eigenvalue weighted by atomic mass is 16.5. The molecule has 0 bridgehead atoms. The SMILES string of the molecule is CC(C)(C)C(CC1CCCCO1)NN. The summed E-state index contributed by atoms with van der Waals surface area (Å²) in [4.78, 5) is 0. The van der Waals surface area contributed by atoms with Crippen molar-refractivity contribution < 1.29 is 4.74 Å². The first-order valence-corrected chi connectivity index (χ1v) is 5.62. The van der Waals surface area contributed by atoms with E-state index in [4.69, 9.17) is 10.6 Å². The monoisotopic (exact) mass is 200 g/mol. The summed E-state index contributed by atoms with van der Waals surface area (Å²) in [6, 6.07) is 0.339. The van der Waals surface area contributed by atoms with Gasteiger partial charge in [0.15, 0.2) is 0 Å². The Morgan fingerprint density at radius 2 is 2.14 bits per heavy atom.